The average molecular weight is 593 g/mol. The average Bonchev–Trinajstić information content (AvgIpc) is 3.41. The van der Waals surface area contributed by atoms with Crippen LogP contribution in [0.5, 0.6) is 0 Å². The summed E-state index contributed by atoms with van der Waals surface area (Å²) in [4.78, 5) is 35.0. The number of nitrogens with one attached hydrogen (secondary N) is 3. The third-order valence-electron chi connectivity index (χ3n) is 8.16. The molecular weight excluding hydrogens is 557 g/mol. The van der Waals surface area contributed by atoms with Gasteiger partial charge in [-0.15, -0.1) is 0 Å². The minimum absolute atomic E-state index is 0.165. The van der Waals surface area contributed by atoms with Crippen molar-refractivity contribution in [1.82, 2.24) is 20.6 Å². The lowest BCUT2D eigenvalue weighted by molar-refractivity contribution is -0.137. The second-order valence-electron chi connectivity index (χ2n) is 11.4. The monoisotopic (exact) mass is 592 g/mol. The molecule has 1 unspecified atom stereocenters. The molecule has 2 aromatic carbocycles. The number of benzene rings is 2. The molecule has 4 aromatic rings. The maximum atomic E-state index is 14.2. The van der Waals surface area contributed by atoms with Crippen LogP contribution < -0.4 is 10.6 Å². The number of alkyl halides is 3. The first-order chi connectivity index (χ1) is 20.6. The smallest absolute Gasteiger partial charge is 0.416 e. The first-order valence-corrected chi connectivity index (χ1v) is 14.5. The van der Waals surface area contributed by atoms with E-state index in [0.717, 1.165) is 66.4 Å². The quantitative estimate of drug-likeness (QED) is 0.191. The topological polar surface area (TPSA) is 96.1 Å². The Labute approximate surface area is 248 Å². The molecule has 10 heteroatoms. The van der Waals surface area contributed by atoms with Gasteiger partial charge in [-0.3, -0.25) is 9.78 Å². The number of aromatic nitrogens is 2. The number of H-pyrrole nitrogens is 1. The van der Waals surface area contributed by atoms with Crippen molar-refractivity contribution in [3.8, 4) is 0 Å². The Morgan fingerprint density at radius 1 is 1.00 bits per heavy atom. The molecule has 0 radical (unpaired) electrons. The van der Waals surface area contributed by atoms with Crippen LogP contribution in [0.25, 0.3) is 10.9 Å². The minimum Gasteiger partial charge on any atom is -0.445 e. The van der Waals surface area contributed by atoms with Gasteiger partial charge in [0.25, 0.3) is 0 Å². The fraction of sp³-hybridized carbons (Fsp3) is 0.364. The summed E-state index contributed by atoms with van der Waals surface area (Å²) in [6.45, 7) is 1.40. The Balaban J connectivity index is 1.37. The van der Waals surface area contributed by atoms with E-state index < -0.39 is 23.4 Å². The molecule has 0 bridgehead atoms. The lowest BCUT2D eigenvalue weighted by atomic mass is 9.81. The Morgan fingerprint density at radius 3 is 2.42 bits per heavy atom. The van der Waals surface area contributed by atoms with Crippen molar-refractivity contribution >= 4 is 22.9 Å². The highest BCUT2D eigenvalue weighted by atomic mass is 19.4. The van der Waals surface area contributed by atoms with E-state index in [1.807, 2.05) is 48.7 Å². The predicted molar refractivity (Wildman–Crippen MR) is 157 cm³/mol. The number of nitrogens with zero attached hydrogens (tertiary/aromatic N) is 1. The fourth-order valence-electron chi connectivity index (χ4n) is 5.80. The van der Waals surface area contributed by atoms with Crippen LogP contribution in [0.2, 0.25) is 0 Å². The van der Waals surface area contributed by atoms with Crippen LogP contribution in [-0.4, -0.2) is 27.5 Å². The van der Waals surface area contributed by atoms with Crippen LogP contribution in [0, 0.1) is 5.92 Å². The Bertz CT molecular complexity index is 1530. The number of ether oxygens (including phenoxy) is 1. The van der Waals surface area contributed by atoms with Gasteiger partial charge in [-0.2, -0.15) is 13.2 Å². The molecule has 1 fully saturated rings. The number of hydrogen-bond acceptors (Lipinski definition) is 4. The molecule has 7 nitrogen and oxygen atoms in total. The fourth-order valence-corrected chi connectivity index (χ4v) is 5.80. The van der Waals surface area contributed by atoms with E-state index >= 15 is 0 Å². The van der Waals surface area contributed by atoms with E-state index in [4.69, 9.17) is 4.74 Å². The number of fused-ring (bicyclic) bond motifs is 1. The number of carbonyl (C=O) groups is 2. The molecular formula is C33H35F3N4O3. The summed E-state index contributed by atoms with van der Waals surface area (Å²) in [6.07, 6.45) is 3.61. The molecule has 0 aliphatic heterocycles. The highest BCUT2D eigenvalue weighted by molar-refractivity contribution is 5.91. The Hall–Kier alpha value is -4.34. The summed E-state index contributed by atoms with van der Waals surface area (Å²) in [7, 11) is 0. The minimum atomic E-state index is -4.46. The van der Waals surface area contributed by atoms with Crippen LogP contribution in [0.1, 0.15) is 67.5 Å². The van der Waals surface area contributed by atoms with Crippen molar-refractivity contribution in [1.29, 1.82) is 0 Å². The summed E-state index contributed by atoms with van der Waals surface area (Å²) >= 11 is 0. The van der Waals surface area contributed by atoms with Crippen molar-refractivity contribution in [3.05, 3.63) is 102 Å². The molecule has 1 saturated carbocycles. The number of pyridine rings is 1. The highest BCUT2D eigenvalue weighted by Gasteiger charge is 2.39. The molecule has 2 amide bonds. The maximum Gasteiger partial charge on any atom is 0.416 e. The second kappa shape index (κ2) is 12.9. The van der Waals surface area contributed by atoms with Gasteiger partial charge in [0.05, 0.1) is 17.3 Å². The van der Waals surface area contributed by atoms with E-state index in [9.17, 15) is 22.8 Å². The van der Waals surface area contributed by atoms with Crippen molar-refractivity contribution in [3.63, 3.8) is 0 Å². The number of hydrogen-bond donors (Lipinski definition) is 3. The number of alkyl carbamates (subject to hydrolysis) is 1. The Kier molecular flexibility index (Phi) is 9.03. The molecule has 1 aliphatic rings. The van der Waals surface area contributed by atoms with Gasteiger partial charge >= 0.3 is 12.3 Å². The summed E-state index contributed by atoms with van der Waals surface area (Å²) in [6, 6.07) is 17.4. The predicted octanol–water partition coefficient (Wildman–Crippen LogP) is 7.25. The molecule has 2 aromatic heterocycles. The standard InChI is InChI=1S/C33H35F3N4O3/c1-32(19-24-20-38-27-12-6-5-11-26(24)27,40-31(42)43-21-22-14-16-25(17-15-22)33(34,35)36)30(41)39-29(23-9-3-2-4-10-23)28-13-7-8-18-37-28/h5-8,11-18,20,23,29,38H,2-4,9-10,19,21H2,1H3,(H,39,41)(H,40,42)/t29?,32-/m0/s1. The number of halogens is 3. The largest absolute Gasteiger partial charge is 0.445 e. The van der Waals surface area contributed by atoms with Gasteiger partial charge in [0.1, 0.15) is 12.1 Å². The van der Waals surface area contributed by atoms with E-state index in [-0.39, 0.29) is 30.9 Å². The number of para-hydroxylation sites is 1. The van der Waals surface area contributed by atoms with Crippen LogP contribution in [-0.2, 0) is 28.7 Å². The van der Waals surface area contributed by atoms with E-state index in [1.54, 1.807) is 13.1 Å². The third-order valence-corrected chi connectivity index (χ3v) is 8.16. The molecule has 2 heterocycles. The normalized spacial score (nSPS) is 16.3. The number of aromatic amines is 1. The van der Waals surface area contributed by atoms with E-state index in [1.165, 1.54) is 12.1 Å². The summed E-state index contributed by atoms with van der Waals surface area (Å²) in [5, 5.41) is 6.92. The lowest BCUT2D eigenvalue weighted by Gasteiger charge is -2.35. The zero-order chi connectivity index (χ0) is 30.5. The summed E-state index contributed by atoms with van der Waals surface area (Å²) < 4.78 is 44.2. The van der Waals surface area contributed by atoms with E-state index in [2.05, 4.69) is 20.6 Å². The zero-order valence-electron chi connectivity index (χ0n) is 23.9. The summed E-state index contributed by atoms with van der Waals surface area (Å²) in [5.41, 5.74) is 0.677. The van der Waals surface area contributed by atoms with Crippen LogP contribution in [0.15, 0.2) is 79.1 Å². The summed E-state index contributed by atoms with van der Waals surface area (Å²) in [5.74, 6) is -0.179. The maximum absolute atomic E-state index is 14.2. The molecule has 2 atom stereocenters. The van der Waals surface area contributed by atoms with Crippen LogP contribution >= 0.6 is 0 Å². The van der Waals surface area contributed by atoms with Gasteiger partial charge in [-0.1, -0.05) is 55.7 Å². The molecule has 3 N–H and O–H groups in total. The van der Waals surface area contributed by atoms with Crippen molar-refractivity contribution < 1.29 is 27.5 Å². The molecule has 1 aliphatic carbocycles. The number of carbonyl (C=O) groups excluding carboxylic acids is 2. The van der Waals surface area contributed by atoms with Crippen molar-refractivity contribution in [2.24, 2.45) is 5.92 Å². The van der Waals surface area contributed by atoms with Crippen molar-refractivity contribution in [2.45, 2.75) is 69.8 Å². The second-order valence-corrected chi connectivity index (χ2v) is 11.4. The number of amides is 2. The zero-order valence-corrected chi connectivity index (χ0v) is 23.9. The van der Waals surface area contributed by atoms with Crippen molar-refractivity contribution in [2.75, 3.05) is 0 Å². The first-order valence-electron chi connectivity index (χ1n) is 14.5. The van der Waals surface area contributed by atoms with E-state index in [0.29, 0.717) is 5.56 Å². The molecule has 0 saturated heterocycles. The molecule has 5 rings (SSSR count). The van der Waals surface area contributed by atoms with Gasteiger partial charge in [0.15, 0.2) is 0 Å². The Morgan fingerprint density at radius 2 is 1.72 bits per heavy atom. The highest BCUT2D eigenvalue weighted by Crippen LogP contribution is 2.35. The van der Waals surface area contributed by atoms with Crippen LogP contribution in [0.4, 0.5) is 18.0 Å². The van der Waals surface area contributed by atoms with Gasteiger partial charge in [0, 0.05) is 29.7 Å². The molecule has 0 spiro atoms. The number of rotatable bonds is 9. The van der Waals surface area contributed by atoms with Gasteiger partial charge in [-0.05, 0) is 67.1 Å². The SMILES string of the molecule is C[C@@](Cc1c[nH]c2ccccc12)(NC(=O)OCc1ccc(C(F)(F)F)cc1)C(=O)NC(c1ccccn1)C1CCCCC1. The lowest BCUT2D eigenvalue weighted by Crippen LogP contribution is -2.59. The third kappa shape index (κ3) is 7.36. The van der Waals surface area contributed by atoms with Crippen LogP contribution in [0.3, 0.4) is 0 Å². The first kappa shape index (κ1) is 30.1. The van der Waals surface area contributed by atoms with Gasteiger partial charge < -0.3 is 20.4 Å². The van der Waals surface area contributed by atoms with Gasteiger partial charge in [-0.25, -0.2) is 4.79 Å². The molecule has 43 heavy (non-hydrogen) atoms. The van der Waals surface area contributed by atoms with Gasteiger partial charge in [0.2, 0.25) is 5.91 Å². The molecule has 226 valence electrons.